The predicted octanol–water partition coefficient (Wildman–Crippen LogP) is 1.41. The van der Waals surface area contributed by atoms with E-state index >= 15 is 0 Å². The Hall–Kier alpha value is -2.67. The Morgan fingerprint density at radius 3 is 2.56 bits per heavy atom. The van der Waals surface area contributed by atoms with Gasteiger partial charge in [0.2, 0.25) is 0 Å². The quantitative estimate of drug-likeness (QED) is 0.860. The molecule has 2 heterocycles. The molecule has 142 valence electrons. The molecule has 2 aromatic rings. The fourth-order valence-corrected chi connectivity index (χ4v) is 3.60. The number of nitrogens with two attached hydrogens (primary N) is 1. The maximum atomic E-state index is 12.4. The maximum Gasteiger partial charge on any atom is 0.260 e. The summed E-state index contributed by atoms with van der Waals surface area (Å²) in [7, 11) is 0. The fourth-order valence-electron chi connectivity index (χ4n) is 3.60. The van der Waals surface area contributed by atoms with Crippen LogP contribution in [0.4, 0.5) is 5.82 Å². The molecule has 0 bridgehead atoms. The van der Waals surface area contributed by atoms with Gasteiger partial charge < -0.3 is 20.3 Å². The van der Waals surface area contributed by atoms with Crippen molar-refractivity contribution in [1.29, 1.82) is 0 Å². The first-order valence-corrected chi connectivity index (χ1v) is 9.47. The zero-order chi connectivity index (χ0) is 18.6. The first-order valence-electron chi connectivity index (χ1n) is 9.47. The fraction of sp³-hybridized carbons (Fsp3) is 0.450. The summed E-state index contributed by atoms with van der Waals surface area (Å²) in [6.45, 7) is 2.94. The molecule has 0 radical (unpaired) electrons. The second-order valence-corrected chi connectivity index (χ2v) is 7.20. The van der Waals surface area contributed by atoms with Gasteiger partial charge in [0.15, 0.2) is 6.61 Å². The number of rotatable bonds is 5. The lowest BCUT2D eigenvalue weighted by molar-refractivity contribution is -0.133. The van der Waals surface area contributed by atoms with Crippen LogP contribution in [-0.2, 0) is 4.79 Å². The molecule has 7 heteroatoms. The zero-order valence-corrected chi connectivity index (χ0v) is 15.3. The average molecular weight is 367 g/mol. The molecule has 7 nitrogen and oxygen atoms in total. The van der Waals surface area contributed by atoms with Crippen molar-refractivity contribution in [2.45, 2.75) is 24.8 Å². The van der Waals surface area contributed by atoms with E-state index in [-0.39, 0.29) is 12.5 Å². The number of piperazine rings is 1. The van der Waals surface area contributed by atoms with E-state index in [1.807, 2.05) is 35.2 Å². The molecule has 2 fully saturated rings. The van der Waals surface area contributed by atoms with Gasteiger partial charge in [-0.05, 0) is 25.0 Å². The first kappa shape index (κ1) is 17.7. The van der Waals surface area contributed by atoms with Gasteiger partial charge in [-0.15, -0.1) is 0 Å². The Morgan fingerprint density at radius 2 is 1.85 bits per heavy atom. The molecule has 1 amide bonds. The molecule has 27 heavy (non-hydrogen) atoms. The summed E-state index contributed by atoms with van der Waals surface area (Å²) >= 11 is 0. The number of anilines is 1. The number of amides is 1. The number of para-hydroxylation sites is 1. The normalized spacial score (nSPS) is 22.3. The first-order chi connectivity index (χ1) is 13.2. The minimum Gasteiger partial charge on any atom is -0.484 e. The Balaban J connectivity index is 1.28. The Labute approximate surface area is 159 Å². The summed E-state index contributed by atoms with van der Waals surface area (Å²) in [4.78, 5) is 25.3. The highest BCUT2D eigenvalue weighted by atomic mass is 16.5. The second-order valence-electron chi connectivity index (χ2n) is 7.20. The van der Waals surface area contributed by atoms with E-state index in [0.717, 1.165) is 37.4 Å². The molecule has 0 spiro atoms. The third-order valence-electron chi connectivity index (χ3n) is 5.33. The molecule has 1 saturated carbocycles. The average Bonchev–Trinajstić information content (AvgIpc) is 2.70. The van der Waals surface area contributed by atoms with Gasteiger partial charge in [-0.3, -0.25) is 4.79 Å². The Bertz CT molecular complexity index is 771. The van der Waals surface area contributed by atoms with Gasteiger partial charge in [0.05, 0.1) is 0 Å². The van der Waals surface area contributed by atoms with Crippen molar-refractivity contribution in [3.63, 3.8) is 0 Å². The summed E-state index contributed by atoms with van der Waals surface area (Å²) in [5.41, 5.74) is 6.97. The van der Waals surface area contributed by atoms with E-state index < -0.39 is 0 Å². The lowest BCUT2D eigenvalue weighted by atomic mass is 9.78. The molecule has 2 aliphatic rings. The smallest absolute Gasteiger partial charge is 0.260 e. The van der Waals surface area contributed by atoms with Crippen LogP contribution in [0.25, 0.3) is 0 Å². The van der Waals surface area contributed by atoms with Crippen molar-refractivity contribution >= 4 is 11.7 Å². The van der Waals surface area contributed by atoms with Crippen LogP contribution in [0.15, 0.2) is 42.7 Å². The van der Waals surface area contributed by atoms with Crippen molar-refractivity contribution in [3.05, 3.63) is 48.4 Å². The number of carbonyl (C=O) groups is 1. The second kappa shape index (κ2) is 7.92. The minimum atomic E-state index is 0.0188. The molecule has 4 rings (SSSR count). The summed E-state index contributed by atoms with van der Waals surface area (Å²) < 4.78 is 5.57. The van der Waals surface area contributed by atoms with E-state index in [0.29, 0.717) is 30.8 Å². The van der Waals surface area contributed by atoms with Gasteiger partial charge in [-0.2, -0.15) is 0 Å². The molecule has 1 saturated heterocycles. The van der Waals surface area contributed by atoms with Gasteiger partial charge in [0.1, 0.15) is 17.9 Å². The lowest BCUT2D eigenvalue weighted by Gasteiger charge is -2.36. The molecule has 0 unspecified atom stereocenters. The van der Waals surface area contributed by atoms with Crippen LogP contribution >= 0.6 is 0 Å². The molecule has 1 aromatic carbocycles. The van der Waals surface area contributed by atoms with Crippen LogP contribution in [0.5, 0.6) is 5.75 Å². The standard InChI is InChI=1S/C20H25N5O2/c21-16-10-15(11-16)18-12-19(23-14-22-18)24-6-8-25(9-7-24)20(26)13-27-17-4-2-1-3-5-17/h1-5,12,14-16H,6-11,13,21H2. The van der Waals surface area contributed by atoms with Crippen LogP contribution < -0.4 is 15.4 Å². The van der Waals surface area contributed by atoms with Gasteiger partial charge in [-0.25, -0.2) is 9.97 Å². The highest BCUT2D eigenvalue weighted by Gasteiger charge is 2.29. The van der Waals surface area contributed by atoms with Gasteiger partial charge >= 0.3 is 0 Å². The molecule has 2 N–H and O–H groups in total. The van der Waals surface area contributed by atoms with Crippen molar-refractivity contribution in [2.75, 3.05) is 37.7 Å². The number of aromatic nitrogens is 2. The minimum absolute atomic E-state index is 0.0188. The number of carbonyl (C=O) groups excluding carboxylic acids is 1. The van der Waals surface area contributed by atoms with Gasteiger partial charge in [-0.1, -0.05) is 18.2 Å². The van der Waals surface area contributed by atoms with Crippen LogP contribution in [0.3, 0.4) is 0 Å². The summed E-state index contributed by atoms with van der Waals surface area (Å²) in [5.74, 6) is 2.13. The number of benzene rings is 1. The third-order valence-corrected chi connectivity index (χ3v) is 5.33. The number of ether oxygens (including phenoxy) is 1. The van der Waals surface area contributed by atoms with Crippen LogP contribution in [0, 0.1) is 0 Å². The topological polar surface area (TPSA) is 84.6 Å². The van der Waals surface area contributed by atoms with Gasteiger partial charge in [0.25, 0.3) is 5.91 Å². The zero-order valence-electron chi connectivity index (χ0n) is 15.3. The van der Waals surface area contributed by atoms with E-state index in [2.05, 4.69) is 20.9 Å². The van der Waals surface area contributed by atoms with Crippen molar-refractivity contribution in [3.8, 4) is 5.75 Å². The van der Waals surface area contributed by atoms with E-state index in [9.17, 15) is 4.79 Å². The van der Waals surface area contributed by atoms with Crippen molar-refractivity contribution in [1.82, 2.24) is 14.9 Å². The monoisotopic (exact) mass is 367 g/mol. The Morgan fingerprint density at radius 1 is 1.11 bits per heavy atom. The van der Waals surface area contributed by atoms with Gasteiger partial charge in [0, 0.05) is 49.9 Å². The third kappa shape index (κ3) is 4.19. The number of hydrogen-bond donors (Lipinski definition) is 1. The Kier molecular flexibility index (Phi) is 5.20. The molecular weight excluding hydrogens is 342 g/mol. The predicted molar refractivity (Wildman–Crippen MR) is 103 cm³/mol. The van der Waals surface area contributed by atoms with Crippen molar-refractivity contribution < 1.29 is 9.53 Å². The lowest BCUT2D eigenvalue weighted by Crippen LogP contribution is -2.50. The highest BCUT2D eigenvalue weighted by Crippen LogP contribution is 2.35. The molecule has 1 aliphatic heterocycles. The van der Waals surface area contributed by atoms with E-state index in [1.165, 1.54) is 0 Å². The molecule has 1 aliphatic carbocycles. The number of hydrogen-bond acceptors (Lipinski definition) is 6. The van der Waals surface area contributed by atoms with Crippen LogP contribution in [-0.4, -0.2) is 59.6 Å². The van der Waals surface area contributed by atoms with Crippen LogP contribution in [0.1, 0.15) is 24.5 Å². The van der Waals surface area contributed by atoms with Crippen molar-refractivity contribution in [2.24, 2.45) is 5.73 Å². The molecular formula is C20H25N5O2. The highest BCUT2D eigenvalue weighted by molar-refractivity contribution is 5.78. The molecule has 1 aromatic heterocycles. The van der Waals surface area contributed by atoms with E-state index in [1.54, 1.807) is 6.33 Å². The number of nitrogens with zero attached hydrogens (tertiary/aromatic N) is 4. The largest absolute Gasteiger partial charge is 0.484 e. The summed E-state index contributed by atoms with van der Waals surface area (Å²) in [6.07, 6.45) is 3.64. The summed E-state index contributed by atoms with van der Waals surface area (Å²) in [5, 5.41) is 0. The maximum absolute atomic E-state index is 12.4. The SMILES string of the molecule is NC1CC(c2cc(N3CCN(C(=O)COc4ccccc4)CC3)ncn2)C1. The molecule has 0 atom stereocenters. The van der Waals surface area contributed by atoms with E-state index in [4.69, 9.17) is 10.5 Å². The van der Waals surface area contributed by atoms with Crippen LogP contribution in [0.2, 0.25) is 0 Å². The summed E-state index contributed by atoms with van der Waals surface area (Å²) in [6, 6.07) is 11.8.